The molecular formula is C25H28FN3O7S. The number of aliphatic hydroxyl groups excluding tert-OH is 1. The Hall–Kier alpha value is -3.64. The van der Waals surface area contributed by atoms with Gasteiger partial charge < -0.3 is 30.5 Å². The highest BCUT2D eigenvalue weighted by Crippen LogP contribution is 2.42. The molecule has 2 aromatic rings. The lowest BCUT2D eigenvalue weighted by Crippen LogP contribution is -2.49. The number of esters is 1. The summed E-state index contributed by atoms with van der Waals surface area (Å²) in [4.78, 5) is 50.7. The van der Waals surface area contributed by atoms with Crippen molar-refractivity contribution in [2.75, 3.05) is 17.6 Å². The molecule has 198 valence electrons. The predicted molar refractivity (Wildman–Crippen MR) is 134 cm³/mol. The number of carboxylic acid groups (broad SMARTS) is 1. The average molecular weight is 534 g/mol. The van der Waals surface area contributed by atoms with E-state index < -0.39 is 59.4 Å². The van der Waals surface area contributed by atoms with E-state index in [1.165, 1.54) is 59.1 Å². The van der Waals surface area contributed by atoms with Crippen LogP contribution >= 0.6 is 11.8 Å². The molecule has 3 atom stereocenters. The summed E-state index contributed by atoms with van der Waals surface area (Å²) in [6.45, 7) is 4.59. The normalized spacial score (nSPS) is 18.1. The van der Waals surface area contributed by atoms with Gasteiger partial charge in [0, 0.05) is 17.0 Å². The summed E-state index contributed by atoms with van der Waals surface area (Å²) in [5, 5.41) is 22.7. The fourth-order valence-corrected chi connectivity index (χ4v) is 5.09. The lowest BCUT2D eigenvalue weighted by Gasteiger charge is -2.30. The van der Waals surface area contributed by atoms with Gasteiger partial charge in [0.1, 0.15) is 22.8 Å². The molecular weight excluding hydrogens is 505 g/mol. The number of nitrogens with one attached hydrogen (secondary N) is 2. The van der Waals surface area contributed by atoms with Crippen molar-refractivity contribution >= 4 is 41.3 Å². The molecule has 12 heteroatoms. The number of hydrogen-bond donors (Lipinski definition) is 4. The van der Waals surface area contributed by atoms with E-state index in [9.17, 15) is 28.7 Å². The number of nitrogens with zero attached hydrogens (tertiary/aromatic N) is 1. The van der Waals surface area contributed by atoms with E-state index in [2.05, 4.69) is 10.6 Å². The van der Waals surface area contributed by atoms with Crippen molar-refractivity contribution in [3.8, 4) is 0 Å². The summed E-state index contributed by atoms with van der Waals surface area (Å²) >= 11 is 1.22. The number of carbonyl (C=O) groups is 4. The number of hydrogen-bond acceptors (Lipinski definition) is 7. The second kappa shape index (κ2) is 11.6. The fourth-order valence-electron chi connectivity index (χ4n) is 3.63. The number of thioether (sulfide) groups is 1. The Morgan fingerprint density at radius 1 is 1.16 bits per heavy atom. The van der Waals surface area contributed by atoms with Crippen LogP contribution < -0.4 is 10.6 Å². The minimum Gasteiger partial charge on any atom is -0.479 e. The third kappa shape index (κ3) is 7.20. The molecule has 1 heterocycles. The minimum absolute atomic E-state index is 0.0587. The lowest BCUT2D eigenvalue weighted by atomic mass is 10.1. The molecule has 2 aromatic carbocycles. The zero-order valence-corrected chi connectivity index (χ0v) is 21.3. The number of urea groups is 1. The van der Waals surface area contributed by atoms with Crippen molar-refractivity contribution in [2.24, 2.45) is 0 Å². The highest BCUT2D eigenvalue weighted by molar-refractivity contribution is 7.99. The van der Waals surface area contributed by atoms with Crippen molar-refractivity contribution in [3.63, 3.8) is 0 Å². The maximum absolute atomic E-state index is 14.6. The van der Waals surface area contributed by atoms with Gasteiger partial charge >= 0.3 is 18.0 Å². The molecule has 0 spiro atoms. The van der Waals surface area contributed by atoms with Crippen LogP contribution in [0.15, 0.2) is 48.5 Å². The maximum Gasteiger partial charge on any atom is 0.337 e. The van der Waals surface area contributed by atoms with Crippen molar-refractivity contribution in [3.05, 3.63) is 65.5 Å². The number of anilines is 1. The molecule has 1 saturated heterocycles. The van der Waals surface area contributed by atoms with E-state index in [0.29, 0.717) is 0 Å². The van der Waals surface area contributed by atoms with E-state index in [1.807, 2.05) is 0 Å². The molecule has 3 rings (SSSR count). The van der Waals surface area contributed by atoms with Crippen LogP contribution in [0.4, 0.5) is 14.9 Å². The van der Waals surface area contributed by atoms with E-state index in [1.54, 1.807) is 26.8 Å². The third-order valence-electron chi connectivity index (χ3n) is 5.23. The largest absolute Gasteiger partial charge is 0.479 e. The molecule has 3 amide bonds. The summed E-state index contributed by atoms with van der Waals surface area (Å²) in [6.07, 6.45) is -1.76. The van der Waals surface area contributed by atoms with Gasteiger partial charge in [-0.1, -0.05) is 30.3 Å². The molecule has 0 saturated carbocycles. The number of ether oxygens (including phenoxy) is 1. The van der Waals surface area contributed by atoms with E-state index in [4.69, 9.17) is 9.84 Å². The smallest absolute Gasteiger partial charge is 0.337 e. The SMILES string of the molecule is CC(C)(C)OC(=O)[C@@H]1CS[C@H](c2ccccc2F)N1C(=O)CNC(=O)Nc1cccc([C@H](O)C(=O)O)c1. The van der Waals surface area contributed by atoms with Gasteiger partial charge in [0.15, 0.2) is 6.10 Å². The summed E-state index contributed by atoms with van der Waals surface area (Å²) in [5.41, 5.74) is -0.322. The van der Waals surface area contributed by atoms with Gasteiger partial charge in [-0.15, -0.1) is 11.8 Å². The fraction of sp³-hybridized carbons (Fsp3) is 0.360. The quantitative estimate of drug-likeness (QED) is 0.398. The highest BCUT2D eigenvalue weighted by atomic mass is 32.2. The monoisotopic (exact) mass is 533 g/mol. The van der Waals surface area contributed by atoms with Crippen LogP contribution in [0.3, 0.4) is 0 Å². The number of halogens is 1. The second-order valence-electron chi connectivity index (χ2n) is 9.23. The molecule has 0 aromatic heterocycles. The number of carboxylic acids is 1. The zero-order valence-electron chi connectivity index (χ0n) is 20.4. The molecule has 0 unspecified atom stereocenters. The van der Waals surface area contributed by atoms with Crippen molar-refractivity contribution in [1.29, 1.82) is 0 Å². The zero-order chi connectivity index (χ0) is 27.3. The molecule has 0 radical (unpaired) electrons. The first-order valence-electron chi connectivity index (χ1n) is 11.3. The number of amides is 3. The Morgan fingerprint density at radius 2 is 1.86 bits per heavy atom. The molecule has 1 aliphatic rings. The van der Waals surface area contributed by atoms with Gasteiger partial charge in [0.2, 0.25) is 5.91 Å². The summed E-state index contributed by atoms with van der Waals surface area (Å²) in [6, 6.07) is 9.77. The van der Waals surface area contributed by atoms with Crippen LogP contribution in [0, 0.1) is 5.82 Å². The van der Waals surface area contributed by atoms with Crippen LogP contribution in [-0.2, 0) is 19.1 Å². The molecule has 1 fully saturated rings. The van der Waals surface area contributed by atoms with Gasteiger partial charge in [-0.2, -0.15) is 0 Å². The van der Waals surface area contributed by atoms with Gasteiger partial charge in [-0.3, -0.25) is 4.79 Å². The third-order valence-corrected chi connectivity index (χ3v) is 6.54. The highest BCUT2D eigenvalue weighted by Gasteiger charge is 2.44. The van der Waals surface area contributed by atoms with Gasteiger partial charge in [0.05, 0.1) is 6.54 Å². The van der Waals surface area contributed by atoms with Crippen molar-refractivity contribution in [1.82, 2.24) is 10.2 Å². The Balaban J connectivity index is 1.73. The minimum atomic E-state index is -1.76. The van der Waals surface area contributed by atoms with E-state index >= 15 is 0 Å². The summed E-state index contributed by atoms with van der Waals surface area (Å²) in [7, 11) is 0. The first kappa shape index (κ1) is 27.9. The van der Waals surface area contributed by atoms with Crippen LogP contribution in [0.1, 0.15) is 43.4 Å². The topological polar surface area (TPSA) is 145 Å². The molecule has 0 bridgehead atoms. The maximum atomic E-state index is 14.6. The lowest BCUT2D eigenvalue weighted by molar-refractivity contribution is -0.163. The molecule has 1 aliphatic heterocycles. The van der Waals surface area contributed by atoms with Crippen LogP contribution in [0.25, 0.3) is 0 Å². The number of carbonyl (C=O) groups excluding carboxylic acids is 3. The van der Waals surface area contributed by atoms with E-state index in [0.717, 1.165) is 0 Å². The van der Waals surface area contributed by atoms with Gasteiger partial charge in [0.25, 0.3) is 0 Å². The Labute approximate surface area is 217 Å². The Morgan fingerprint density at radius 3 is 2.51 bits per heavy atom. The van der Waals surface area contributed by atoms with E-state index in [-0.39, 0.29) is 22.6 Å². The Bertz CT molecular complexity index is 1190. The van der Waals surface area contributed by atoms with Crippen LogP contribution in [-0.4, -0.2) is 62.9 Å². The van der Waals surface area contributed by atoms with Crippen molar-refractivity contribution in [2.45, 2.75) is 43.9 Å². The van der Waals surface area contributed by atoms with Crippen LogP contribution in [0.2, 0.25) is 0 Å². The van der Waals surface area contributed by atoms with Crippen molar-refractivity contribution < 1.29 is 38.5 Å². The number of benzene rings is 2. The molecule has 10 nitrogen and oxygen atoms in total. The molecule has 37 heavy (non-hydrogen) atoms. The standard InChI is InChI=1S/C25H28FN3O7S/c1-25(2,3)36-23(34)18-13-37-21(16-9-4-5-10-17(16)26)29(18)19(30)12-27-24(35)28-15-8-6-7-14(11-15)20(31)22(32)33/h4-11,18,20-21,31H,12-13H2,1-3H3,(H,32,33)(H2,27,28,35)/t18-,20-,21+/m0/s1. The first-order chi connectivity index (χ1) is 17.4. The summed E-state index contributed by atoms with van der Waals surface area (Å²) < 4.78 is 20.0. The molecule has 4 N–H and O–H groups in total. The number of rotatable bonds is 7. The average Bonchev–Trinajstić information content (AvgIpc) is 3.26. The number of aliphatic carboxylic acids is 1. The second-order valence-corrected chi connectivity index (χ2v) is 10.3. The number of aliphatic hydroxyl groups is 1. The summed E-state index contributed by atoms with van der Waals surface area (Å²) in [5.74, 6) is -3.05. The Kier molecular flexibility index (Phi) is 8.77. The first-order valence-corrected chi connectivity index (χ1v) is 12.4. The van der Waals surface area contributed by atoms with Crippen LogP contribution in [0.5, 0.6) is 0 Å². The molecule has 0 aliphatic carbocycles. The van der Waals surface area contributed by atoms with Gasteiger partial charge in [-0.05, 0) is 44.5 Å². The predicted octanol–water partition coefficient (Wildman–Crippen LogP) is 3.05. The van der Waals surface area contributed by atoms with Gasteiger partial charge in [-0.25, -0.2) is 18.8 Å².